The fourth-order valence-electron chi connectivity index (χ4n) is 1.58. The third-order valence-electron chi connectivity index (χ3n) is 3.38. The highest BCUT2D eigenvalue weighted by Crippen LogP contribution is 2.44. The van der Waals surface area contributed by atoms with Crippen molar-refractivity contribution in [1.29, 1.82) is 0 Å². The van der Waals surface area contributed by atoms with Gasteiger partial charge in [-0.25, -0.2) is 0 Å². The first-order valence-electron chi connectivity index (χ1n) is 3.99. The van der Waals surface area contributed by atoms with Crippen LogP contribution in [-0.4, -0.2) is 5.78 Å². The molecule has 1 aliphatic carbocycles. The Hall–Kier alpha value is -0.330. The SMILES string of the molecule is C[C@@H]1C(=O)C[C@H](C)C1(C)C. The summed E-state index contributed by atoms with van der Waals surface area (Å²) in [4.78, 5) is 11.2. The molecule has 0 N–H and O–H groups in total. The van der Waals surface area contributed by atoms with Crippen molar-refractivity contribution in [3.63, 3.8) is 0 Å². The summed E-state index contributed by atoms with van der Waals surface area (Å²) in [6.45, 7) is 8.59. The first kappa shape index (κ1) is 7.77. The molecule has 1 fully saturated rings. The average molecular weight is 140 g/mol. The Morgan fingerprint density at radius 1 is 1.40 bits per heavy atom. The minimum atomic E-state index is 0.233. The molecule has 0 aromatic rings. The zero-order valence-corrected chi connectivity index (χ0v) is 7.27. The molecule has 1 rings (SSSR count). The molecule has 0 unspecified atom stereocenters. The summed E-state index contributed by atoms with van der Waals surface area (Å²) in [5, 5.41) is 0. The van der Waals surface area contributed by atoms with E-state index < -0.39 is 0 Å². The summed E-state index contributed by atoms with van der Waals surface area (Å²) in [5.74, 6) is 1.27. The van der Waals surface area contributed by atoms with Crippen molar-refractivity contribution in [3.8, 4) is 0 Å². The summed E-state index contributed by atoms with van der Waals surface area (Å²) in [6, 6.07) is 0. The number of ketones is 1. The van der Waals surface area contributed by atoms with E-state index in [1.54, 1.807) is 0 Å². The highest BCUT2D eigenvalue weighted by molar-refractivity contribution is 5.84. The first-order valence-corrected chi connectivity index (χ1v) is 3.99. The van der Waals surface area contributed by atoms with E-state index in [4.69, 9.17) is 0 Å². The second kappa shape index (κ2) is 2.08. The monoisotopic (exact) mass is 140 g/mol. The van der Waals surface area contributed by atoms with Crippen LogP contribution >= 0.6 is 0 Å². The Bertz CT molecular complexity index is 158. The standard InChI is InChI=1S/C9H16O/c1-6-5-8(10)7(2)9(6,3)4/h6-7H,5H2,1-4H3/t6-,7+/m0/s1. The Morgan fingerprint density at radius 2 is 1.90 bits per heavy atom. The maximum atomic E-state index is 11.2. The van der Waals surface area contributed by atoms with Crippen molar-refractivity contribution in [2.75, 3.05) is 0 Å². The fraction of sp³-hybridized carbons (Fsp3) is 0.889. The van der Waals surface area contributed by atoms with Crippen molar-refractivity contribution in [3.05, 3.63) is 0 Å². The predicted molar refractivity (Wildman–Crippen MR) is 41.7 cm³/mol. The molecule has 1 heteroatoms. The van der Waals surface area contributed by atoms with Crippen LogP contribution in [0.3, 0.4) is 0 Å². The van der Waals surface area contributed by atoms with Crippen molar-refractivity contribution in [2.24, 2.45) is 17.3 Å². The zero-order chi connectivity index (χ0) is 7.94. The van der Waals surface area contributed by atoms with Crippen LogP contribution in [0.1, 0.15) is 34.1 Å². The lowest BCUT2D eigenvalue weighted by Crippen LogP contribution is -2.22. The Labute approximate surface area is 62.8 Å². The molecular formula is C9H16O. The molecular weight excluding hydrogens is 124 g/mol. The summed E-state index contributed by atoms with van der Waals surface area (Å²) < 4.78 is 0. The van der Waals surface area contributed by atoms with Crippen molar-refractivity contribution >= 4 is 5.78 Å². The van der Waals surface area contributed by atoms with E-state index in [-0.39, 0.29) is 11.3 Å². The van der Waals surface area contributed by atoms with Gasteiger partial charge in [0.15, 0.2) is 0 Å². The van der Waals surface area contributed by atoms with Crippen LogP contribution in [-0.2, 0) is 4.79 Å². The van der Waals surface area contributed by atoms with Crippen LogP contribution < -0.4 is 0 Å². The van der Waals surface area contributed by atoms with Gasteiger partial charge in [0, 0.05) is 12.3 Å². The Kier molecular flexibility index (Phi) is 1.61. The quantitative estimate of drug-likeness (QED) is 0.504. The van der Waals surface area contributed by atoms with Gasteiger partial charge in [0.1, 0.15) is 5.78 Å². The van der Waals surface area contributed by atoms with E-state index in [9.17, 15) is 4.79 Å². The van der Waals surface area contributed by atoms with E-state index in [2.05, 4.69) is 20.8 Å². The lowest BCUT2D eigenvalue weighted by Gasteiger charge is -2.26. The summed E-state index contributed by atoms with van der Waals surface area (Å²) in [7, 11) is 0. The predicted octanol–water partition coefficient (Wildman–Crippen LogP) is 2.26. The van der Waals surface area contributed by atoms with Gasteiger partial charge in [-0.2, -0.15) is 0 Å². The highest BCUT2D eigenvalue weighted by Gasteiger charge is 2.43. The average Bonchev–Trinajstić information content (AvgIpc) is 1.97. The molecule has 10 heavy (non-hydrogen) atoms. The van der Waals surface area contributed by atoms with Crippen LogP contribution in [0.25, 0.3) is 0 Å². The molecule has 0 bridgehead atoms. The van der Waals surface area contributed by atoms with E-state index in [1.165, 1.54) is 0 Å². The molecule has 0 aromatic heterocycles. The van der Waals surface area contributed by atoms with Crippen LogP contribution in [0, 0.1) is 17.3 Å². The Balaban J connectivity index is 2.85. The summed E-state index contributed by atoms with van der Waals surface area (Å²) >= 11 is 0. The molecule has 58 valence electrons. The fourth-order valence-corrected chi connectivity index (χ4v) is 1.58. The molecule has 2 atom stereocenters. The molecule has 0 saturated heterocycles. The molecule has 1 saturated carbocycles. The second-order valence-corrected chi connectivity index (χ2v) is 4.11. The Morgan fingerprint density at radius 3 is 2.00 bits per heavy atom. The van der Waals surface area contributed by atoms with Crippen LogP contribution in [0.4, 0.5) is 0 Å². The smallest absolute Gasteiger partial charge is 0.136 e. The number of carbonyl (C=O) groups excluding carboxylic acids is 1. The van der Waals surface area contributed by atoms with E-state index in [0.29, 0.717) is 11.7 Å². The van der Waals surface area contributed by atoms with Crippen LogP contribution in [0.15, 0.2) is 0 Å². The molecule has 0 aromatic carbocycles. The van der Waals surface area contributed by atoms with Gasteiger partial charge < -0.3 is 0 Å². The molecule has 0 heterocycles. The summed E-state index contributed by atoms with van der Waals surface area (Å²) in [5.41, 5.74) is 0.233. The maximum Gasteiger partial charge on any atom is 0.136 e. The highest BCUT2D eigenvalue weighted by atomic mass is 16.1. The number of carbonyl (C=O) groups is 1. The summed E-state index contributed by atoms with van der Waals surface area (Å²) in [6.07, 6.45) is 0.786. The van der Waals surface area contributed by atoms with Crippen LogP contribution in [0.2, 0.25) is 0 Å². The van der Waals surface area contributed by atoms with Gasteiger partial charge in [-0.15, -0.1) is 0 Å². The first-order chi connectivity index (χ1) is 4.46. The van der Waals surface area contributed by atoms with Crippen molar-refractivity contribution < 1.29 is 4.79 Å². The number of hydrogen-bond acceptors (Lipinski definition) is 1. The van der Waals surface area contributed by atoms with Gasteiger partial charge >= 0.3 is 0 Å². The van der Waals surface area contributed by atoms with Gasteiger partial charge in [0.05, 0.1) is 0 Å². The topological polar surface area (TPSA) is 17.1 Å². The lowest BCUT2D eigenvalue weighted by atomic mass is 9.77. The van der Waals surface area contributed by atoms with Crippen molar-refractivity contribution in [1.82, 2.24) is 0 Å². The zero-order valence-electron chi connectivity index (χ0n) is 7.27. The van der Waals surface area contributed by atoms with Gasteiger partial charge in [-0.1, -0.05) is 27.7 Å². The van der Waals surface area contributed by atoms with Gasteiger partial charge in [0.25, 0.3) is 0 Å². The number of rotatable bonds is 0. The van der Waals surface area contributed by atoms with E-state index in [0.717, 1.165) is 6.42 Å². The molecule has 0 spiro atoms. The van der Waals surface area contributed by atoms with E-state index >= 15 is 0 Å². The normalized spacial score (nSPS) is 38.6. The van der Waals surface area contributed by atoms with Gasteiger partial charge in [-0.3, -0.25) is 4.79 Å². The van der Waals surface area contributed by atoms with E-state index in [1.807, 2.05) is 6.92 Å². The minimum Gasteiger partial charge on any atom is -0.299 e. The largest absolute Gasteiger partial charge is 0.299 e. The van der Waals surface area contributed by atoms with Crippen molar-refractivity contribution in [2.45, 2.75) is 34.1 Å². The second-order valence-electron chi connectivity index (χ2n) is 4.11. The molecule has 1 aliphatic rings. The molecule has 0 radical (unpaired) electrons. The third kappa shape index (κ3) is 0.882. The van der Waals surface area contributed by atoms with Gasteiger partial charge in [0.2, 0.25) is 0 Å². The number of Topliss-reactive ketones (excluding diaryl/α,β-unsaturated/α-hetero) is 1. The number of hydrogen-bond donors (Lipinski definition) is 0. The third-order valence-corrected chi connectivity index (χ3v) is 3.38. The lowest BCUT2D eigenvalue weighted by molar-refractivity contribution is -0.121. The molecule has 1 nitrogen and oxygen atoms in total. The van der Waals surface area contributed by atoms with Crippen LogP contribution in [0.5, 0.6) is 0 Å². The molecule has 0 aliphatic heterocycles. The maximum absolute atomic E-state index is 11.2. The molecule has 0 amide bonds. The minimum absolute atomic E-state index is 0.233. The van der Waals surface area contributed by atoms with Gasteiger partial charge in [-0.05, 0) is 11.3 Å².